The Morgan fingerprint density at radius 3 is 2.70 bits per heavy atom. The molecule has 3 rings (SSSR count). The third-order valence-corrected chi connectivity index (χ3v) is 4.91. The first-order chi connectivity index (χ1) is 9.81. The van der Waals surface area contributed by atoms with Crippen molar-refractivity contribution in [3.8, 4) is 0 Å². The molecule has 3 heterocycles. The lowest BCUT2D eigenvalue weighted by molar-refractivity contribution is 0.279. The highest BCUT2D eigenvalue weighted by molar-refractivity contribution is 7.14. The van der Waals surface area contributed by atoms with Crippen LogP contribution in [0.4, 0.5) is 0 Å². The van der Waals surface area contributed by atoms with Gasteiger partial charge in [0.1, 0.15) is 5.84 Å². The molecule has 0 saturated carbocycles. The molecule has 0 bridgehead atoms. The zero-order valence-electron chi connectivity index (χ0n) is 11.8. The van der Waals surface area contributed by atoms with Gasteiger partial charge in [0.15, 0.2) is 5.84 Å². The number of nitrogens with zero attached hydrogens (tertiary/aromatic N) is 3. The van der Waals surface area contributed by atoms with Gasteiger partial charge in [-0.3, -0.25) is 9.89 Å². The van der Waals surface area contributed by atoms with Gasteiger partial charge in [0.05, 0.1) is 4.88 Å². The molecule has 1 saturated heterocycles. The number of thiophene rings is 1. The van der Waals surface area contributed by atoms with Crippen molar-refractivity contribution in [1.29, 1.82) is 0 Å². The predicted octanol–water partition coefficient (Wildman–Crippen LogP) is 2.63. The van der Waals surface area contributed by atoms with E-state index in [1.807, 2.05) is 0 Å². The topological polar surface area (TPSA) is 54.0 Å². The fourth-order valence-electron chi connectivity index (χ4n) is 2.73. The number of aliphatic imine (C=N–C) groups is 2. The van der Waals surface area contributed by atoms with Crippen LogP contribution in [0.15, 0.2) is 22.1 Å². The summed E-state index contributed by atoms with van der Waals surface area (Å²) in [7, 11) is 0. The van der Waals surface area contributed by atoms with Crippen molar-refractivity contribution in [2.45, 2.75) is 38.6 Å². The van der Waals surface area contributed by atoms with E-state index in [-0.39, 0.29) is 0 Å². The zero-order valence-corrected chi connectivity index (χ0v) is 12.7. The van der Waals surface area contributed by atoms with E-state index in [9.17, 15) is 0 Å². The van der Waals surface area contributed by atoms with Gasteiger partial charge in [0, 0.05) is 24.4 Å². The lowest BCUT2D eigenvalue weighted by Crippen LogP contribution is -2.23. The summed E-state index contributed by atoms with van der Waals surface area (Å²) in [6.45, 7) is 4.31. The average molecular weight is 290 g/mol. The van der Waals surface area contributed by atoms with Crippen LogP contribution in [0, 0.1) is 0 Å². The van der Waals surface area contributed by atoms with E-state index in [4.69, 9.17) is 5.73 Å². The van der Waals surface area contributed by atoms with Gasteiger partial charge in [-0.2, -0.15) is 0 Å². The van der Waals surface area contributed by atoms with E-state index in [0.717, 1.165) is 30.2 Å². The first-order valence-electron chi connectivity index (χ1n) is 7.50. The first kappa shape index (κ1) is 13.8. The molecule has 0 radical (unpaired) electrons. The third kappa shape index (κ3) is 3.46. The van der Waals surface area contributed by atoms with Gasteiger partial charge < -0.3 is 5.73 Å². The zero-order chi connectivity index (χ0) is 13.8. The molecule has 4 nitrogen and oxygen atoms in total. The van der Waals surface area contributed by atoms with Gasteiger partial charge in [-0.1, -0.05) is 12.8 Å². The quantitative estimate of drug-likeness (QED) is 0.930. The minimum atomic E-state index is 0.706. The molecule has 2 aliphatic heterocycles. The van der Waals surface area contributed by atoms with Crippen LogP contribution in [0.3, 0.4) is 0 Å². The van der Waals surface area contributed by atoms with Crippen molar-refractivity contribution in [1.82, 2.24) is 4.90 Å². The lowest BCUT2D eigenvalue weighted by atomic mass is 10.2. The second kappa shape index (κ2) is 6.50. The van der Waals surface area contributed by atoms with Crippen LogP contribution >= 0.6 is 11.3 Å². The van der Waals surface area contributed by atoms with E-state index >= 15 is 0 Å². The van der Waals surface area contributed by atoms with Crippen molar-refractivity contribution in [3.05, 3.63) is 21.9 Å². The minimum absolute atomic E-state index is 0.706. The molecule has 108 valence electrons. The molecule has 5 heteroatoms. The maximum Gasteiger partial charge on any atom is 0.166 e. The molecule has 0 unspecified atom stereocenters. The Bertz CT molecular complexity index is 510. The van der Waals surface area contributed by atoms with Crippen molar-refractivity contribution in [2.24, 2.45) is 15.7 Å². The van der Waals surface area contributed by atoms with Crippen molar-refractivity contribution < 1.29 is 0 Å². The maximum absolute atomic E-state index is 5.80. The number of rotatable bonds is 3. The van der Waals surface area contributed by atoms with Crippen LogP contribution in [-0.2, 0) is 6.54 Å². The summed E-state index contributed by atoms with van der Waals surface area (Å²) in [5.74, 6) is 1.53. The second-order valence-corrected chi connectivity index (χ2v) is 6.68. The van der Waals surface area contributed by atoms with Gasteiger partial charge in [-0.15, -0.1) is 11.3 Å². The number of nitrogens with two attached hydrogens (primary N) is 1. The molecule has 0 aliphatic carbocycles. The fourth-order valence-corrected chi connectivity index (χ4v) is 3.74. The molecule has 20 heavy (non-hydrogen) atoms. The number of likely N-dealkylation sites (tertiary alicyclic amines) is 1. The molecule has 0 atom stereocenters. The highest BCUT2D eigenvalue weighted by Crippen LogP contribution is 2.22. The van der Waals surface area contributed by atoms with E-state index in [1.54, 1.807) is 11.3 Å². The summed E-state index contributed by atoms with van der Waals surface area (Å²) in [4.78, 5) is 14.0. The van der Waals surface area contributed by atoms with Crippen LogP contribution in [0.25, 0.3) is 0 Å². The molecule has 2 N–H and O–H groups in total. The van der Waals surface area contributed by atoms with Crippen LogP contribution < -0.4 is 5.73 Å². The summed E-state index contributed by atoms with van der Waals surface area (Å²) in [6, 6.07) is 4.35. The molecule has 1 fully saturated rings. The van der Waals surface area contributed by atoms with Crippen molar-refractivity contribution in [3.63, 3.8) is 0 Å². The summed E-state index contributed by atoms with van der Waals surface area (Å²) >= 11 is 1.81. The SMILES string of the molecule is NC1=NC(c2ccc(CN3CCCCCC3)s2)=NCC1. The Morgan fingerprint density at radius 1 is 1.15 bits per heavy atom. The van der Waals surface area contributed by atoms with Crippen LogP contribution in [-0.4, -0.2) is 36.2 Å². The van der Waals surface area contributed by atoms with Crippen molar-refractivity contribution >= 4 is 23.0 Å². The standard InChI is InChI=1S/C15H22N4S/c16-14-7-8-17-15(18-14)13-6-5-12(20-13)11-19-9-3-1-2-4-10-19/h5-6H,1-4,7-11H2,(H2,16,17,18). The van der Waals surface area contributed by atoms with Gasteiger partial charge in [-0.05, 0) is 38.1 Å². The summed E-state index contributed by atoms with van der Waals surface area (Å²) in [5, 5.41) is 0. The average Bonchev–Trinajstić information content (AvgIpc) is 2.75. The Hall–Kier alpha value is -1.20. The van der Waals surface area contributed by atoms with Crippen LogP contribution in [0.2, 0.25) is 0 Å². The molecular formula is C15H22N4S. The largest absolute Gasteiger partial charge is 0.387 e. The van der Waals surface area contributed by atoms with E-state index in [1.165, 1.54) is 43.6 Å². The Morgan fingerprint density at radius 2 is 1.95 bits per heavy atom. The predicted molar refractivity (Wildman–Crippen MR) is 85.7 cm³/mol. The molecule has 1 aromatic rings. The monoisotopic (exact) mass is 290 g/mol. The highest BCUT2D eigenvalue weighted by Gasteiger charge is 2.14. The number of hydrogen-bond donors (Lipinski definition) is 1. The van der Waals surface area contributed by atoms with Gasteiger partial charge >= 0.3 is 0 Å². The fraction of sp³-hybridized carbons (Fsp3) is 0.600. The summed E-state index contributed by atoms with van der Waals surface area (Å²) < 4.78 is 0. The van der Waals surface area contributed by atoms with Gasteiger partial charge in [-0.25, -0.2) is 4.99 Å². The van der Waals surface area contributed by atoms with E-state index in [0.29, 0.717) is 5.84 Å². The molecule has 0 spiro atoms. The minimum Gasteiger partial charge on any atom is -0.387 e. The molecular weight excluding hydrogens is 268 g/mol. The molecule has 0 amide bonds. The summed E-state index contributed by atoms with van der Waals surface area (Å²) in [6.07, 6.45) is 6.24. The Labute approximate surface area is 124 Å². The second-order valence-electron chi connectivity index (χ2n) is 5.51. The number of amidine groups is 2. The smallest absolute Gasteiger partial charge is 0.166 e. The van der Waals surface area contributed by atoms with Crippen LogP contribution in [0.1, 0.15) is 41.9 Å². The number of hydrogen-bond acceptors (Lipinski definition) is 5. The first-order valence-corrected chi connectivity index (χ1v) is 8.32. The molecule has 0 aromatic carbocycles. The normalized spacial score (nSPS) is 21.2. The third-order valence-electron chi connectivity index (χ3n) is 3.84. The van der Waals surface area contributed by atoms with Crippen molar-refractivity contribution in [2.75, 3.05) is 19.6 Å². The molecule has 2 aliphatic rings. The summed E-state index contributed by atoms with van der Waals surface area (Å²) in [5.41, 5.74) is 5.80. The van der Waals surface area contributed by atoms with E-state index < -0.39 is 0 Å². The Kier molecular flexibility index (Phi) is 4.47. The maximum atomic E-state index is 5.80. The highest BCUT2D eigenvalue weighted by atomic mass is 32.1. The van der Waals surface area contributed by atoms with Gasteiger partial charge in [0.2, 0.25) is 0 Å². The molecule has 1 aromatic heterocycles. The van der Waals surface area contributed by atoms with E-state index in [2.05, 4.69) is 27.0 Å². The lowest BCUT2D eigenvalue weighted by Gasteiger charge is -2.18. The van der Waals surface area contributed by atoms with Gasteiger partial charge in [0.25, 0.3) is 0 Å². The van der Waals surface area contributed by atoms with Crippen LogP contribution in [0.5, 0.6) is 0 Å². The Balaban J connectivity index is 1.66.